The number of tetrazole rings is 1. The second-order valence-electron chi connectivity index (χ2n) is 3.88. The van der Waals surface area contributed by atoms with Crippen LogP contribution in [0.15, 0.2) is 24.3 Å². The van der Waals surface area contributed by atoms with Crippen molar-refractivity contribution in [3.05, 3.63) is 40.7 Å². The minimum atomic E-state index is -0.514. The molecule has 0 fully saturated rings. The molecule has 5 nitrogen and oxygen atoms in total. The molecule has 1 N–H and O–H groups in total. The van der Waals surface area contributed by atoms with Crippen molar-refractivity contribution in [1.29, 1.82) is 0 Å². The third kappa shape index (κ3) is 3.51. The van der Waals surface area contributed by atoms with Crippen LogP contribution in [0.2, 0.25) is 5.02 Å². The lowest BCUT2D eigenvalue weighted by Gasteiger charge is -2.07. The van der Waals surface area contributed by atoms with Gasteiger partial charge >= 0.3 is 0 Å². The fourth-order valence-electron chi connectivity index (χ4n) is 1.58. The van der Waals surface area contributed by atoms with Gasteiger partial charge in [0.25, 0.3) is 0 Å². The van der Waals surface area contributed by atoms with Gasteiger partial charge < -0.3 is 5.11 Å². The molecule has 0 aliphatic heterocycles. The highest BCUT2D eigenvalue weighted by Crippen LogP contribution is 2.12. The van der Waals surface area contributed by atoms with Crippen molar-refractivity contribution in [2.24, 2.45) is 7.05 Å². The standard InChI is InChI=1S/C11H13ClN4O/c1-16-14-11(13-15-16)7-10(17)6-8-2-4-9(12)5-3-8/h2-5,10,17H,6-7H2,1H3. The summed E-state index contributed by atoms with van der Waals surface area (Å²) in [5.74, 6) is 0.550. The maximum absolute atomic E-state index is 9.88. The Bertz CT molecular complexity index is 482. The minimum Gasteiger partial charge on any atom is -0.392 e. The van der Waals surface area contributed by atoms with Crippen LogP contribution >= 0.6 is 11.6 Å². The van der Waals surface area contributed by atoms with Crippen LogP contribution < -0.4 is 0 Å². The fraction of sp³-hybridized carbons (Fsp3) is 0.364. The molecule has 1 aromatic carbocycles. The molecule has 0 bridgehead atoms. The highest BCUT2D eigenvalue weighted by Gasteiger charge is 2.10. The molecule has 1 aromatic heterocycles. The SMILES string of the molecule is Cn1nnc(CC(O)Cc2ccc(Cl)cc2)n1. The Labute approximate surface area is 104 Å². The Morgan fingerprint density at radius 2 is 2.00 bits per heavy atom. The maximum Gasteiger partial charge on any atom is 0.177 e. The number of hydrogen-bond donors (Lipinski definition) is 1. The number of hydrogen-bond acceptors (Lipinski definition) is 4. The first-order valence-electron chi connectivity index (χ1n) is 5.29. The lowest BCUT2D eigenvalue weighted by molar-refractivity contribution is 0.173. The molecular formula is C11H13ClN4O. The van der Waals surface area contributed by atoms with Gasteiger partial charge in [0, 0.05) is 11.4 Å². The molecule has 0 saturated heterocycles. The van der Waals surface area contributed by atoms with Gasteiger partial charge in [-0.25, -0.2) is 0 Å². The van der Waals surface area contributed by atoms with Crippen molar-refractivity contribution in [1.82, 2.24) is 20.2 Å². The normalized spacial score (nSPS) is 12.6. The molecule has 0 amide bonds. The average Bonchev–Trinajstić information content (AvgIpc) is 2.67. The van der Waals surface area contributed by atoms with Crippen LogP contribution in [0.5, 0.6) is 0 Å². The number of aliphatic hydroxyl groups is 1. The van der Waals surface area contributed by atoms with Gasteiger partial charge in [0.2, 0.25) is 0 Å². The molecule has 0 aliphatic carbocycles. The largest absolute Gasteiger partial charge is 0.392 e. The van der Waals surface area contributed by atoms with Gasteiger partial charge in [-0.3, -0.25) is 0 Å². The van der Waals surface area contributed by atoms with Crippen LogP contribution in [0.4, 0.5) is 0 Å². The zero-order valence-corrected chi connectivity index (χ0v) is 10.2. The molecule has 2 aromatic rings. The fourth-order valence-corrected chi connectivity index (χ4v) is 1.71. The van der Waals surface area contributed by atoms with Gasteiger partial charge in [0.05, 0.1) is 13.2 Å². The van der Waals surface area contributed by atoms with E-state index >= 15 is 0 Å². The Morgan fingerprint density at radius 3 is 2.59 bits per heavy atom. The monoisotopic (exact) mass is 252 g/mol. The molecule has 1 unspecified atom stereocenters. The van der Waals surface area contributed by atoms with Gasteiger partial charge in [-0.2, -0.15) is 4.80 Å². The van der Waals surface area contributed by atoms with E-state index in [1.807, 2.05) is 24.3 Å². The molecule has 90 valence electrons. The van der Waals surface area contributed by atoms with Crippen molar-refractivity contribution in [2.45, 2.75) is 18.9 Å². The molecular weight excluding hydrogens is 240 g/mol. The molecule has 1 atom stereocenters. The number of rotatable bonds is 4. The summed E-state index contributed by atoms with van der Waals surface area (Å²) in [7, 11) is 1.70. The second-order valence-corrected chi connectivity index (χ2v) is 4.32. The number of aromatic nitrogens is 4. The summed E-state index contributed by atoms with van der Waals surface area (Å²) in [4.78, 5) is 1.38. The lowest BCUT2D eigenvalue weighted by atomic mass is 10.1. The summed E-state index contributed by atoms with van der Waals surface area (Å²) in [6.07, 6.45) is 0.437. The number of aliphatic hydroxyl groups excluding tert-OH is 1. The highest BCUT2D eigenvalue weighted by atomic mass is 35.5. The van der Waals surface area contributed by atoms with E-state index in [2.05, 4.69) is 15.4 Å². The van der Waals surface area contributed by atoms with E-state index in [9.17, 15) is 5.11 Å². The van der Waals surface area contributed by atoms with E-state index in [0.29, 0.717) is 23.7 Å². The Kier molecular flexibility index (Phi) is 3.71. The van der Waals surface area contributed by atoms with Crippen molar-refractivity contribution >= 4 is 11.6 Å². The number of benzene rings is 1. The average molecular weight is 253 g/mol. The zero-order valence-electron chi connectivity index (χ0n) is 9.41. The first-order valence-corrected chi connectivity index (χ1v) is 5.66. The predicted octanol–water partition coefficient (Wildman–Crippen LogP) is 1.01. The molecule has 6 heteroatoms. The summed E-state index contributed by atoms with van der Waals surface area (Å²) in [5, 5.41) is 22.1. The first-order chi connectivity index (χ1) is 8.13. The van der Waals surface area contributed by atoms with Crippen molar-refractivity contribution < 1.29 is 5.11 Å². The van der Waals surface area contributed by atoms with Crippen LogP contribution in [0.3, 0.4) is 0 Å². The number of aryl methyl sites for hydroxylation is 1. The Hall–Kier alpha value is -1.46. The zero-order chi connectivity index (χ0) is 12.3. The molecule has 0 spiro atoms. The molecule has 1 heterocycles. The van der Waals surface area contributed by atoms with Crippen LogP contribution in [-0.4, -0.2) is 31.4 Å². The van der Waals surface area contributed by atoms with Crippen molar-refractivity contribution in [2.75, 3.05) is 0 Å². The van der Waals surface area contributed by atoms with Crippen LogP contribution in [0, 0.1) is 0 Å². The van der Waals surface area contributed by atoms with E-state index in [4.69, 9.17) is 11.6 Å². The van der Waals surface area contributed by atoms with Crippen LogP contribution in [0.25, 0.3) is 0 Å². The van der Waals surface area contributed by atoms with Gasteiger partial charge in [0.15, 0.2) is 5.82 Å². The molecule has 0 saturated carbocycles. The number of nitrogens with zero attached hydrogens (tertiary/aromatic N) is 4. The van der Waals surface area contributed by atoms with Gasteiger partial charge in [-0.05, 0) is 29.3 Å². The van der Waals surface area contributed by atoms with E-state index in [1.54, 1.807) is 7.05 Å². The molecule has 2 rings (SSSR count). The topological polar surface area (TPSA) is 63.8 Å². The first kappa shape index (κ1) is 12.0. The smallest absolute Gasteiger partial charge is 0.177 e. The lowest BCUT2D eigenvalue weighted by Crippen LogP contribution is -2.15. The van der Waals surface area contributed by atoms with Gasteiger partial charge in [0.1, 0.15) is 0 Å². The van der Waals surface area contributed by atoms with Crippen molar-refractivity contribution in [3.8, 4) is 0 Å². The van der Waals surface area contributed by atoms with E-state index < -0.39 is 6.10 Å². The minimum absolute atomic E-state index is 0.399. The Balaban J connectivity index is 1.93. The van der Waals surface area contributed by atoms with E-state index in [0.717, 1.165) is 5.56 Å². The third-order valence-corrected chi connectivity index (χ3v) is 2.60. The molecule has 17 heavy (non-hydrogen) atoms. The summed E-state index contributed by atoms with van der Waals surface area (Å²) in [6.45, 7) is 0. The summed E-state index contributed by atoms with van der Waals surface area (Å²) < 4.78 is 0. The maximum atomic E-state index is 9.88. The summed E-state index contributed by atoms with van der Waals surface area (Å²) >= 11 is 5.79. The van der Waals surface area contributed by atoms with Gasteiger partial charge in [-0.1, -0.05) is 23.7 Å². The Morgan fingerprint density at radius 1 is 1.29 bits per heavy atom. The van der Waals surface area contributed by atoms with Crippen molar-refractivity contribution in [3.63, 3.8) is 0 Å². The summed E-state index contributed by atoms with van der Waals surface area (Å²) in [5.41, 5.74) is 1.03. The molecule has 0 radical (unpaired) electrons. The van der Waals surface area contributed by atoms with Crippen LogP contribution in [-0.2, 0) is 19.9 Å². The summed E-state index contributed by atoms with van der Waals surface area (Å²) in [6, 6.07) is 7.42. The third-order valence-electron chi connectivity index (χ3n) is 2.35. The molecule has 0 aliphatic rings. The second kappa shape index (κ2) is 5.25. The highest BCUT2D eigenvalue weighted by molar-refractivity contribution is 6.30. The van der Waals surface area contributed by atoms with Gasteiger partial charge in [-0.15, -0.1) is 10.2 Å². The predicted molar refractivity (Wildman–Crippen MR) is 63.7 cm³/mol. The quantitative estimate of drug-likeness (QED) is 0.882. The van der Waals surface area contributed by atoms with E-state index in [-0.39, 0.29) is 0 Å². The van der Waals surface area contributed by atoms with Crippen LogP contribution in [0.1, 0.15) is 11.4 Å². The van der Waals surface area contributed by atoms with E-state index in [1.165, 1.54) is 4.80 Å². The number of halogens is 1.